The summed E-state index contributed by atoms with van der Waals surface area (Å²) in [6.45, 7) is 0. The molecule has 0 N–H and O–H groups in total. The minimum absolute atomic E-state index is 0.151. The summed E-state index contributed by atoms with van der Waals surface area (Å²) in [5.74, 6) is -0.228. The fourth-order valence-electron chi connectivity index (χ4n) is 1.69. The number of halogens is 4. The summed E-state index contributed by atoms with van der Waals surface area (Å²) in [6.07, 6.45) is 0.664. The molecule has 1 atom stereocenters. The largest absolute Gasteiger partial charge is 0.207 e. The van der Waals surface area contributed by atoms with E-state index in [4.69, 9.17) is 11.6 Å². The summed E-state index contributed by atoms with van der Waals surface area (Å²) in [6, 6.07) is 12.3. The first-order chi connectivity index (χ1) is 8.56. The molecule has 0 bridgehead atoms. The fraction of sp³-hybridized carbons (Fsp3) is 0.143. The number of alkyl halides is 1. The van der Waals surface area contributed by atoms with Gasteiger partial charge in [0.1, 0.15) is 5.82 Å². The molecular weight excluding hydrogens is 382 g/mol. The van der Waals surface area contributed by atoms with Gasteiger partial charge in [0.25, 0.3) is 0 Å². The Hall–Kier alpha value is -0.380. The first-order valence-electron chi connectivity index (χ1n) is 5.40. The van der Waals surface area contributed by atoms with Gasteiger partial charge in [-0.2, -0.15) is 0 Å². The molecule has 0 amide bonds. The molecule has 0 saturated carbocycles. The molecule has 0 radical (unpaired) electrons. The van der Waals surface area contributed by atoms with Crippen LogP contribution in [-0.2, 0) is 6.42 Å². The third kappa shape index (κ3) is 3.56. The van der Waals surface area contributed by atoms with Crippen molar-refractivity contribution in [3.05, 3.63) is 68.4 Å². The van der Waals surface area contributed by atoms with Crippen molar-refractivity contribution < 1.29 is 4.39 Å². The van der Waals surface area contributed by atoms with Gasteiger partial charge in [-0.05, 0) is 47.9 Å². The topological polar surface area (TPSA) is 0 Å². The number of benzene rings is 2. The molecule has 1 unspecified atom stereocenters. The van der Waals surface area contributed by atoms with Gasteiger partial charge in [0, 0.05) is 8.95 Å². The Balaban J connectivity index is 2.18. The molecule has 0 nitrogen and oxygen atoms in total. The maximum absolute atomic E-state index is 12.8. The molecule has 0 heterocycles. The zero-order valence-corrected chi connectivity index (χ0v) is 13.3. The highest BCUT2D eigenvalue weighted by atomic mass is 79.9. The highest BCUT2D eigenvalue weighted by molar-refractivity contribution is 9.11. The van der Waals surface area contributed by atoms with Crippen molar-refractivity contribution in [3.63, 3.8) is 0 Å². The van der Waals surface area contributed by atoms with Gasteiger partial charge in [0.15, 0.2) is 0 Å². The van der Waals surface area contributed by atoms with E-state index in [9.17, 15) is 4.39 Å². The van der Waals surface area contributed by atoms with Crippen molar-refractivity contribution in [2.24, 2.45) is 0 Å². The van der Waals surface area contributed by atoms with Crippen LogP contribution in [0.2, 0.25) is 0 Å². The molecule has 0 aliphatic rings. The van der Waals surface area contributed by atoms with Crippen LogP contribution in [0.4, 0.5) is 4.39 Å². The monoisotopic (exact) mass is 390 g/mol. The van der Waals surface area contributed by atoms with Crippen molar-refractivity contribution in [1.82, 2.24) is 0 Å². The molecule has 2 aromatic carbocycles. The third-order valence-corrected chi connectivity index (χ3v) is 4.23. The Morgan fingerprint density at radius 3 is 2.39 bits per heavy atom. The van der Waals surface area contributed by atoms with E-state index in [1.54, 1.807) is 12.1 Å². The van der Waals surface area contributed by atoms with Crippen LogP contribution < -0.4 is 0 Å². The molecule has 0 aliphatic heterocycles. The van der Waals surface area contributed by atoms with Crippen LogP contribution in [0.3, 0.4) is 0 Å². The van der Waals surface area contributed by atoms with E-state index in [1.165, 1.54) is 12.1 Å². The SMILES string of the molecule is Fc1ccc(CC(Cl)c2cc(Br)ccc2Br)cc1. The molecule has 2 aromatic rings. The summed E-state index contributed by atoms with van der Waals surface area (Å²) >= 11 is 13.3. The van der Waals surface area contributed by atoms with E-state index in [0.29, 0.717) is 6.42 Å². The molecule has 4 heteroatoms. The lowest BCUT2D eigenvalue weighted by molar-refractivity contribution is 0.627. The number of hydrogen-bond acceptors (Lipinski definition) is 0. The first-order valence-corrected chi connectivity index (χ1v) is 7.42. The Morgan fingerprint density at radius 1 is 1.06 bits per heavy atom. The summed E-state index contributed by atoms with van der Waals surface area (Å²) in [4.78, 5) is 0. The van der Waals surface area contributed by atoms with Crippen molar-refractivity contribution in [2.45, 2.75) is 11.8 Å². The average molecular weight is 392 g/mol. The highest BCUT2D eigenvalue weighted by Crippen LogP contribution is 2.33. The lowest BCUT2D eigenvalue weighted by atomic mass is 10.0. The van der Waals surface area contributed by atoms with Crippen LogP contribution in [0.1, 0.15) is 16.5 Å². The standard InChI is InChI=1S/C14H10Br2ClF/c15-10-3-6-13(16)12(8-10)14(17)7-9-1-4-11(18)5-2-9/h1-6,8,14H,7H2. The molecule has 2 rings (SSSR count). The maximum Gasteiger partial charge on any atom is 0.123 e. The van der Waals surface area contributed by atoms with E-state index in [0.717, 1.165) is 20.1 Å². The first kappa shape index (κ1) is 14.0. The summed E-state index contributed by atoms with van der Waals surface area (Å²) < 4.78 is 14.8. The van der Waals surface area contributed by atoms with Crippen LogP contribution in [0.15, 0.2) is 51.4 Å². The molecule has 0 fully saturated rings. The van der Waals surface area contributed by atoms with E-state index < -0.39 is 0 Å². The van der Waals surface area contributed by atoms with Gasteiger partial charge >= 0.3 is 0 Å². The Labute approximate surface area is 127 Å². The molecule has 0 aromatic heterocycles. The van der Waals surface area contributed by atoms with Crippen molar-refractivity contribution >= 4 is 43.5 Å². The average Bonchev–Trinajstić information content (AvgIpc) is 2.35. The second-order valence-electron chi connectivity index (χ2n) is 3.96. The van der Waals surface area contributed by atoms with Crippen LogP contribution in [-0.4, -0.2) is 0 Å². The van der Waals surface area contributed by atoms with E-state index in [2.05, 4.69) is 31.9 Å². The summed E-state index contributed by atoms with van der Waals surface area (Å²) in [5, 5.41) is -0.151. The van der Waals surface area contributed by atoms with E-state index in [1.807, 2.05) is 18.2 Å². The van der Waals surface area contributed by atoms with Crippen LogP contribution in [0.25, 0.3) is 0 Å². The van der Waals surface area contributed by atoms with Crippen LogP contribution >= 0.6 is 43.5 Å². The number of rotatable bonds is 3. The van der Waals surface area contributed by atoms with Gasteiger partial charge in [0.2, 0.25) is 0 Å². The van der Waals surface area contributed by atoms with Gasteiger partial charge in [-0.1, -0.05) is 44.0 Å². The van der Waals surface area contributed by atoms with Crippen molar-refractivity contribution in [1.29, 1.82) is 0 Å². The zero-order valence-electron chi connectivity index (χ0n) is 9.34. The maximum atomic E-state index is 12.8. The van der Waals surface area contributed by atoms with Gasteiger partial charge in [-0.3, -0.25) is 0 Å². The van der Waals surface area contributed by atoms with E-state index >= 15 is 0 Å². The molecule has 94 valence electrons. The lowest BCUT2D eigenvalue weighted by Gasteiger charge is -2.12. The molecule has 0 saturated heterocycles. The second-order valence-corrected chi connectivity index (χ2v) is 6.26. The zero-order chi connectivity index (χ0) is 13.1. The Bertz CT molecular complexity index is 540. The predicted octanol–water partition coefficient (Wildman–Crippen LogP) is 5.87. The van der Waals surface area contributed by atoms with Crippen molar-refractivity contribution in [2.75, 3.05) is 0 Å². The fourth-order valence-corrected chi connectivity index (χ4v) is 3.08. The Kier molecular flexibility index (Phi) is 4.82. The number of hydrogen-bond donors (Lipinski definition) is 0. The highest BCUT2D eigenvalue weighted by Gasteiger charge is 2.13. The van der Waals surface area contributed by atoms with Gasteiger partial charge < -0.3 is 0 Å². The second kappa shape index (κ2) is 6.18. The lowest BCUT2D eigenvalue weighted by Crippen LogP contribution is -1.97. The van der Waals surface area contributed by atoms with Crippen molar-refractivity contribution in [3.8, 4) is 0 Å². The molecule has 18 heavy (non-hydrogen) atoms. The normalized spacial score (nSPS) is 12.4. The molecule has 0 spiro atoms. The third-order valence-electron chi connectivity index (χ3n) is 2.62. The van der Waals surface area contributed by atoms with Gasteiger partial charge in [-0.25, -0.2) is 4.39 Å². The van der Waals surface area contributed by atoms with Crippen LogP contribution in [0, 0.1) is 5.82 Å². The van der Waals surface area contributed by atoms with Gasteiger partial charge in [-0.15, -0.1) is 11.6 Å². The summed E-state index contributed by atoms with van der Waals surface area (Å²) in [5.41, 5.74) is 2.04. The Morgan fingerprint density at radius 2 is 1.72 bits per heavy atom. The van der Waals surface area contributed by atoms with Gasteiger partial charge in [0.05, 0.1) is 5.38 Å². The van der Waals surface area contributed by atoms with E-state index in [-0.39, 0.29) is 11.2 Å². The summed E-state index contributed by atoms with van der Waals surface area (Å²) in [7, 11) is 0. The predicted molar refractivity (Wildman–Crippen MR) is 80.5 cm³/mol. The molecule has 0 aliphatic carbocycles. The minimum atomic E-state index is -0.228. The quantitative estimate of drug-likeness (QED) is 0.573. The molecular formula is C14H10Br2ClF. The van der Waals surface area contributed by atoms with Crippen LogP contribution in [0.5, 0.6) is 0 Å². The smallest absolute Gasteiger partial charge is 0.123 e. The minimum Gasteiger partial charge on any atom is -0.207 e.